The predicted molar refractivity (Wildman–Crippen MR) is 64.5 cm³/mol. The van der Waals surface area contributed by atoms with Gasteiger partial charge in [0.15, 0.2) is 0 Å². The Kier molecular flexibility index (Phi) is 2.73. The fourth-order valence-corrected chi connectivity index (χ4v) is 1.68. The van der Waals surface area contributed by atoms with Gasteiger partial charge in [0.1, 0.15) is 5.75 Å². The third-order valence-electron chi connectivity index (χ3n) is 2.48. The van der Waals surface area contributed by atoms with Crippen LogP contribution in [0.4, 0.5) is 0 Å². The van der Waals surface area contributed by atoms with Gasteiger partial charge in [0, 0.05) is 11.5 Å². The fourth-order valence-electron chi connectivity index (χ4n) is 1.68. The third-order valence-corrected chi connectivity index (χ3v) is 2.48. The van der Waals surface area contributed by atoms with E-state index in [1.54, 1.807) is 6.07 Å². The highest BCUT2D eigenvalue weighted by Gasteiger charge is 2.05. The number of fused-ring (bicyclic) bond motifs is 1. The number of esters is 1. The first-order valence-corrected chi connectivity index (χ1v) is 5.05. The van der Waals surface area contributed by atoms with Gasteiger partial charge in [-0.05, 0) is 23.9 Å². The van der Waals surface area contributed by atoms with E-state index in [0.717, 1.165) is 22.4 Å². The largest absolute Gasteiger partial charge is 0.423 e. The summed E-state index contributed by atoms with van der Waals surface area (Å²) >= 11 is 0. The Hall–Kier alpha value is -2.09. The van der Waals surface area contributed by atoms with Crippen molar-refractivity contribution in [3.05, 3.63) is 54.6 Å². The van der Waals surface area contributed by atoms with Gasteiger partial charge in [-0.2, -0.15) is 0 Å². The molecule has 0 fully saturated rings. The fraction of sp³-hybridized carbons (Fsp3) is 0.0714. The van der Waals surface area contributed by atoms with Crippen LogP contribution in [0.5, 0.6) is 5.75 Å². The Morgan fingerprint density at radius 3 is 2.62 bits per heavy atom. The standard InChI is InChI=1S/C14H12O2/c1-3-14(15)16-13-9-5-7-11-10(2)6-4-8-12(11)13/h3-9H,1H2,2H3. The van der Waals surface area contributed by atoms with Gasteiger partial charge in [-0.1, -0.05) is 36.9 Å². The second kappa shape index (κ2) is 4.19. The monoisotopic (exact) mass is 212 g/mol. The zero-order chi connectivity index (χ0) is 11.5. The Morgan fingerprint density at radius 2 is 1.88 bits per heavy atom. The van der Waals surface area contributed by atoms with E-state index in [1.807, 2.05) is 37.3 Å². The lowest BCUT2D eigenvalue weighted by Gasteiger charge is -2.07. The molecule has 0 saturated carbocycles. The average Bonchev–Trinajstić information content (AvgIpc) is 2.30. The molecule has 0 amide bonds. The lowest BCUT2D eigenvalue weighted by molar-refractivity contribution is -0.128. The van der Waals surface area contributed by atoms with Gasteiger partial charge < -0.3 is 4.74 Å². The van der Waals surface area contributed by atoms with Crippen molar-refractivity contribution in [1.82, 2.24) is 0 Å². The van der Waals surface area contributed by atoms with Crippen molar-refractivity contribution in [1.29, 1.82) is 0 Å². The van der Waals surface area contributed by atoms with Gasteiger partial charge in [0.2, 0.25) is 0 Å². The number of ether oxygens (including phenoxy) is 1. The maximum Gasteiger partial charge on any atom is 0.335 e. The van der Waals surface area contributed by atoms with E-state index < -0.39 is 5.97 Å². The lowest BCUT2D eigenvalue weighted by atomic mass is 10.1. The van der Waals surface area contributed by atoms with Gasteiger partial charge in [0.05, 0.1) is 0 Å². The van der Waals surface area contributed by atoms with Crippen LogP contribution >= 0.6 is 0 Å². The summed E-state index contributed by atoms with van der Waals surface area (Å²) in [5.41, 5.74) is 1.16. The van der Waals surface area contributed by atoms with Crippen LogP contribution < -0.4 is 4.74 Å². The molecule has 0 atom stereocenters. The zero-order valence-corrected chi connectivity index (χ0v) is 9.07. The van der Waals surface area contributed by atoms with Crippen molar-refractivity contribution in [2.75, 3.05) is 0 Å². The highest BCUT2D eigenvalue weighted by Crippen LogP contribution is 2.27. The molecule has 0 aliphatic heterocycles. The molecule has 0 radical (unpaired) electrons. The van der Waals surface area contributed by atoms with E-state index in [4.69, 9.17) is 4.74 Å². The third kappa shape index (κ3) is 1.82. The van der Waals surface area contributed by atoms with Crippen LogP contribution in [0.3, 0.4) is 0 Å². The summed E-state index contributed by atoms with van der Waals surface area (Å²) in [6, 6.07) is 11.6. The highest BCUT2D eigenvalue weighted by molar-refractivity contribution is 5.93. The maximum atomic E-state index is 11.2. The summed E-state index contributed by atoms with van der Waals surface area (Å²) in [7, 11) is 0. The highest BCUT2D eigenvalue weighted by atomic mass is 16.5. The molecule has 0 spiro atoms. The first-order valence-electron chi connectivity index (χ1n) is 5.05. The second-order valence-corrected chi connectivity index (χ2v) is 3.55. The first-order chi connectivity index (χ1) is 7.72. The van der Waals surface area contributed by atoms with Gasteiger partial charge in [-0.15, -0.1) is 0 Å². The molecule has 0 aromatic heterocycles. The molecule has 80 valence electrons. The molecule has 0 unspecified atom stereocenters. The Labute approximate surface area is 94.2 Å². The van der Waals surface area contributed by atoms with Crippen molar-refractivity contribution in [2.24, 2.45) is 0 Å². The van der Waals surface area contributed by atoms with E-state index in [2.05, 4.69) is 6.58 Å². The van der Waals surface area contributed by atoms with E-state index >= 15 is 0 Å². The minimum Gasteiger partial charge on any atom is -0.423 e. The zero-order valence-electron chi connectivity index (χ0n) is 9.07. The molecule has 0 aliphatic rings. The maximum absolute atomic E-state index is 11.2. The predicted octanol–water partition coefficient (Wildman–Crippen LogP) is 3.24. The van der Waals surface area contributed by atoms with Crippen molar-refractivity contribution < 1.29 is 9.53 Å². The van der Waals surface area contributed by atoms with E-state index in [-0.39, 0.29) is 0 Å². The summed E-state index contributed by atoms with van der Waals surface area (Å²) in [6.07, 6.45) is 1.16. The molecule has 2 nitrogen and oxygen atoms in total. The number of aryl methyl sites for hydroxylation is 1. The minimum atomic E-state index is -0.436. The smallest absolute Gasteiger partial charge is 0.335 e. The lowest BCUT2D eigenvalue weighted by Crippen LogP contribution is -2.03. The molecule has 2 heteroatoms. The molecule has 0 aliphatic carbocycles. The Balaban J connectivity index is 2.58. The van der Waals surface area contributed by atoms with Crippen LogP contribution in [0.15, 0.2) is 49.1 Å². The van der Waals surface area contributed by atoms with E-state index in [0.29, 0.717) is 5.75 Å². The van der Waals surface area contributed by atoms with Crippen molar-refractivity contribution in [3.8, 4) is 5.75 Å². The Bertz CT molecular complexity index is 556. The summed E-state index contributed by atoms with van der Waals surface area (Å²) in [5.74, 6) is 0.139. The normalized spacial score (nSPS) is 10.1. The molecule has 2 rings (SSSR count). The molecule has 0 saturated heterocycles. The van der Waals surface area contributed by atoms with Crippen molar-refractivity contribution in [2.45, 2.75) is 6.92 Å². The molecule has 0 heterocycles. The number of hydrogen-bond acceptors (Lipinski definition) is 2. The van der Waals surface area contributed by atoms with Crippen molar-refractivity contribution in [3.63, 3.8) is 0 Å². The Morgan fingerprint density at radius 1 is 1.19 bits per heavy atom. The summed E-state index contributed by atoms with van der Waals surface area (Å²) in [5, 5.41) is 2.04. The quantitative estimate of drug-likeness (QED) is 0.434. The number of carbonyl (C=O) groups excluding carboxylic acids is 1. The number of rotatable bonds is 2. The molecular weight excluding hydrogens is 200 g/mol. The second-order valence-electron chi connectivity index (χ2n) is 3.55. The number of benzene rings is 2. The van der Waals surface area contributed by atoms with E-state index in [1.165, 1.54) is 0 Å². The summed E-state index contributed by atoms with van der Waals surface area (Å²) in [4.78, 5) is 11.2. The van der Waals surface area contributed by atoms with Crippen LogP contribution in [0.1, 0.15) is 5.56 Å². The van der Waals surface area contributed by atoms with Gasteiger partial charge in [-0.25, -0.2) is 4.79 Å². The summed E-state index contributed by atoms with van der Waals surface area (Å²) < 4.78 is 5.17. The van der Waals surface area contributed by atoms with E-state index in [9.17, 15) is 4.79 Å². The molecule has 0 bridgehead atoms. The van der Waals surface area contributed by atoms with Crippen LogP contribution in [0, 0.1) is 6.92 Å². The SMILES string of the molecule is C=CC(=O)Oc1cccc2c(C)cccc12. The van der Waals surface area contributed by atoms with Crippen LogP contribution in [-0.2, 0) is 4.79 Å². The van der Waals surface area contributed by atoms with Crippen LogP contribution in [0.25, 0.3) is 10.8 Å². The van der Waals surface area contributed by atoms with Gasteiger partial charge >= 0.3 is 5.97 Å². The van der Waals surface area contributed by atoms with Crippen LogP contribution in [0.2, 0.25) is 0 Å². The number of hydrogen-bond donors (Lipinski definition) is 0. The minimum absolute atomic E-state index is 0.436. The first kappa shape index (κ1) is 10.4. The molecule has 2 aromatic carbocycles. The molecule has 0 N–H and O–H groups in total. The van der Waals surface area contributed by atoms with Crippen molar-refractivity contribution >= 4 is 16.7 Å². The van der Waals surface area contributed by atoms with Gasteiger partial charge in [-0.3, -0.25) is 0 Å². The van der Waals surface area contributed by atoms with Gasteiger partial charge in [0.25, 0.3) is 0 Å². The topological polar surface area (TPSA) is 26.3 Å². The average molecular weight is 212 g/mol. The molecule has 16 heavy (non-hydrogen) atoms. The number of carbonyl (C=O) groups is 1. The summed E-state index contributed by atoms with van der Waals surface area (Å²) in [6.45, 7) is 5.41. The van der Waals surface area contributed by atoms with Crippen LogP contribution in [-0.4, -0.2) is 5.97 Å². The molecule has 2 aromatic rings. The molecular formula is C14H12O2.